The van der Waals surface area contributed by atoms with Crippen molar-refractivity contribution >= 4 is 5.82 Å². The number of ether oxygens (including phenoxy) is 2. The molecule has 1 aromatic rings. The molecule has 4 nitrogen and oxygen atoms in total. The number of aryl methyl sites for hydroxylation is 1. The maximum atomic E-state index is 5.79. The average Bonchev–Trinajstić information content (AvgIpc) is 2.83. The third kappa shape index (κ3) is 3.68. The van der Waals surface area contributed by atoms with Crippen LogP contribution in [0, 0.1) is 6.92 Å². The maximum absolute atomic E-state index is 5.79. The van der Waals surface area contributed by atoms with E-state index in [1.54, 1.807) is 0 Å². The van der Waals surface area contributed by atoms with Gasteiger partial charge in [0.1, 0.15) is 5.82 Å². The first-order valence-electron chi connectivity index (χ1n) is 6.67. The first-order valence-corrected chi connectivity index (χ1v) is 6.67. The molecule has 100 valence electrons. The van der Waals surface area contributed by atoms with Gasteiger partial charge >= 0.3 is 0 Å². The molecule has 1 aliphatic heterocycles. The predicted octanol–water partition coefficient (Wildman–Crippen LogP) is 2.02. The van der Waals surface area contributed by atoms with Gasteiger partial charge in [-0.1, -0.05) is 6.07 Å². The summed E-state index contributed by atoms with van der Waals surface area (Å²) >= 11 is 0. The van der Waals surface area contributed by atoms with Crippen LogP contribution in [0.5, 0.6) is 0 Å². The van der Waals surface area contributed by atoms with E-state index in [9.17, 15) is 0 Å². The Morgan fingerprint density at radius 3 is 3.06 bits per heavy atom. The molecule has 0 amide bonds. The molecule has 4 heteroatoms. The van der Waals surface area contributed by atoms with Crippen LogP contribution >= 0.6 is 0 Å². The molecule has 0 N–H and O–H groups in total. The smallest absolute Gasteiger partial charge is 0.128 e. The molecule has 0 saturated carbocycles. The second-order valence-electron chi connectivity index (χ2n) is 4.56. The van der Waals surface area contributed by atoms with Crippen LogP contribution in [0.15, 0.2) is 18.2 Å². The van der Waals surface area contributed by atoms with E-state index in [2.05, 4.69) is 22.0 Å². The van der Waals surface area contributed by atoms with E-state index in [4.69, 9.17) is 9.47 Å². The van der Waals surface area contributed by atoms with Crippen LogP contribution in [-0.4, -0.2) is 44.0 Å². The van der Waals surface area contributed by atoms with Crippen molar-refractivity contribution in [2.45, 2.75) is 26.4 Å². The Balaban J connectivity index is 1.78. The molecule has 1 fully saturated rings. The number of hydrogen-bond donors (Lipinski definition) is 0. The fraction of sp³-hybridized carbons (Fsp3) is 0.643. The minimum Gasteiger partial charge on any atom is -0.379 e. The van der Waals surface area contributed by atoms with E-state index in [-0.39, 0.29) is 0 Å². The third-order valence-electron chi connectivity index (χ3n) is 3.13. The largest absolute Gasteiger partial charge is 0.379 e. The molecule has 0 radical (unpaired) electrons. The van der Waals surface area contributed by atoms with E-state index in [0.29, 0.717) is 19.3 Å². The highest BCUT2D eigenvalue weighted by atomic mass is 16.5. The topological polar surface area (TPSA) is 34.6 Å². The van der Waals surface area contributed by atoms with Crippen molar-refractivity contribution in [3.05, 3.63) is 23.9 Å². The van der Waals surface area contributed by atoms with Crippen molar-refractivity contribution in [1.82, 2.24) is 4.98 Å². The molecule has 0 aliphatic carbocycles. The minimum atomic E-state index is 0.313. The monoisotopic (exact) mass is 250 g/mol. The highest BCUT2D eigenvalue weighted by Crippen LogP contribution is 2.19. The summed E-state index contributed by atoms with van der Waals surface area (Å²) in [5.41, 5.74) is 1.06. The lowest BCUT2D eigenvalue weighted by molar-refractivity contribution is 0.0169. The van der Waals surface area contributed by atoms with E-state index >= 15 is 0 Å². The molecule has 2 heterocycles. The Morgan fingerprint density at radius 2 is 2.28 bits per heavy atom. The molecule has 1 aliphatic rings. The van der Waals surface area contributed by atoms with Crippen LogP contribution in [0.25, 0.3) is 0 Å². The van der Waals surface area contributed by atoms with Gasteiger partial charge < -0.3 is 14.4 Å². The fourth-order valence-corrected chi connectivity index (χ4v) is 2.20. The Labute approximate surface area is 109 Å². The summed E-state index contributed by atoms with van der Waals surface area (Å²) in [5, 5.41) is 0. The van der Waals surface area contributed by atoms with Crippen molar-refractivity contribution in [3.63, 3.8) is 0 Å². The standard InChI is InChI=1S/C14H22N2O2/c1-3-17-9-10-18-13-7-8-16(11-13)14-6-4-5-12(2)15-14/h4-6,13H,3,7-11H2,1-2H3/t13-/m0/s1. The normalized spacial score (nSPS) is 19.4. The Bertz CT molecular complexity index is 371. The van der Waals surface area contributed by atoms with Gasteiger partial charge in [-0.05, 0) is 32.4 Å². The molecule has 2 rings (SSSR count). The lowest BCUT2D eigenvalue weighted by atomic mass is 10.3. The van der Waals surface area contributed by atoms with Crippen LogP contribution in [0.4, 0.5) is 5.82 Å². The minimum absolute atomic E-state index is 0.313. The van der Waals surface area contributed by atoms with Crippen molar-refractivity contribution in [2.24, 2.45) is 0 Å². The lowest BCUT2D eigenvalue weighted by Gasteiger charge is -2.18. The predicted molar refractivity (Wildman–Crippen MR) is 72.0 cm³/mol. The van der Waals surface area contributed by atoms with Gasteiger partial charge in [0.15, 0.2) is 0 Å². The van der Waals surface area contributed by atoms with Crippen LogP contribution in [0.1, 0.15) is 19.0 Å². The van der Waals surface area contributed by atoms with E-state index < -0.39 is 0 Å². The quantitative estimate of drug-likeness (QED) is 0.723. The van der Waals surface area contributed by atoms with Crippen molar-refractivity contribution in [2.75, 3.05) is 37.8 Å². The summed E-state index contributed by atoms with van der Waals surface area (Å²) in [6, 6.07) is 6.14. The summed E-state index contributed by atoms with van der Waals surface area (Å²) in [7, 11) is 0. The van der Waals surface area contributed by atoms with Crippen LogP contribution in [0.2, 0.25) is 0 Å². The summed E-state index contributed by atoms with van der Waals surface area (Å²) in [4.78, 5) is 6.84. The van der Waals surface area contributed by atoms with Crippen molar-refractivity contribution in [1.29, 1.82) is 0 Å². The van der Waals surface area contributed by atoms with Gasteiger partial charge in [0.2, 0.25) is 0 Å². The zero-order valence-electron chi connectivity index (χ0n) is 11.3. The lowest BCUT2D eigenvalue weighted by Crippen LogP contribution is -2.24. The molecule has 1 saturated heterocycles. The number of rotatable bonds is 6. The maximum Gasteiger partial charge on any atom is 0.128 e. The summed E-state index contributed by atoms with van der Waals surface area (Å²) in [5.74, 6) is 1.06. The van der Waals surface area contributed by atoms with Gasteiger partial charge in [-0.3, -0.25) is 0 Å². The first kappa shape index (κ1) is 13.3. The third-order valence-corrected chi connectivity index (χ3v) is 3.13. The number of anilines is 1. The molecule has 0 spiro atoms. The van der Waals surface area contributed by atoms with Crippen molar-refractivity contribution < 1.29 is 9.47 Å². The molecule has 0 unspecified atom stereocenters. The second-order valence-corrected chi connectivity index (χ2v) is 4.56. The van der Waals surface area contributed by atoms with Gasteiger partial charge in [0.05, 0.1) is 19.3 Å². The SMILES string of the molecule is CCOCCO[C@H]1CCN(c2cccc(C)n2)C1. The Morgan fingerprint density at radius 1 is 1.39 bits per heavy atom. The van der Waals surface area contributed by atoms with Crippen molar-refractivity contribution in [3.8, 4) is 0 Å². The van der Waals surface area contributed by atoms with Crippen LogP contribution < -0.4 is 4.90 Å². The highest BCUT2D eigenvalue weighted by Gasteiger charge is 2.23. The molecular formula is C14H22N2O2. The Hall–Kier alpha value is -1.13. The first-order chi connectivity index (χ1) is 8.79. The fourth-order valence-electron chi connectivity index (χ4n) is 2.20. The van der Waals surface area contributed by atoms with E-state index in [0.717, 1.165) is 37.6 Å². The molecule has 0 aromatic carbocycles. The molecule has 1 atom stereocenters. The van der Waals surface area contributed by atoms with Gasteiger partial charge in [-0.25, -0.2) is 4.98 Å². The van der Waals surface area contributed by atoms with Crippen LogP contribution in [-0.2, 0) is 9.47 Å². The molecular weight excluding hydrogens is 228 g/mol. The zero-order valence-corrected chi connectivity index (χ0v) is 11.3. The second kappa shape index (κ2) is 6.71. The van der Waals surface area contributed by atoms with Gasteiger partial charge in [0.25, 0.3) is 0 Å². The number of aromatic nitrogens is 1. The van der Waals surface area contributed by atoms with Gasteiger partial charge in [0, 0.05) is 25.4 Å². The van der Waals surface area contributed by atoms with Gasteiger partial charge in [-0.15, -0.1) is 0 Å². The summed E-state index contributed by atoms with van der Waals surface area (Å²) in [6.45, 7) is 8.12. The summed E-state index contributed by atoms with van der Waals surface area (Å²) in [6.07, 6.45) is 1.38. The van der Waals surface area contributed by atoms with E-state index in [1.165, 1.54) is 0 Å². The number of hydrogen-bond acceptors (Lipinski definition) is 4. The molecule has 1 aromatic heterocycles. The Kier molecular flexibility index (Phi) is 4.96. The highest BCUT2D eigenvalue weighted by molar-refractivity contribution is 5.40. The zero-order chi connectivity index (χ0) is 12.8. The van der Waals surface area contributed by atoms with E-state index in [1.807, 2.05) is 19.9 Å². The van der Waals surface area contributed by atoms with Crippen LogP contribution in [0.3, 0.4) is 0 Å². The molecule has 0 bridgehead atoms. The molecule has 18 heavy (non-hydrogen) atoms. The number of pyridine rings is 1. The summed E-state index contributed by atoms with van der Waals surface area (Å²) < 4.78 is 11.1. The number of nitrogens with zero attached hydrogens (tertiary/aromatic N) is 2. The average molecular weight is 250 g/mol. The van der Waals surface area contributed by atoms with Gasteiger partial charge in [-0.2, -0.15) is 0 Å².